The lowest BCUT2D eigenvalue weighted by atomic mass is 9.72. The lowest BCUT2D eigenvalue weighted by Gasteiger charge is -2.41. The molecule has 0 spiro atoms. The van der Waals surface area contributed by atoms with Gasteiger partial charge in [0.15, 0.2) is 18.4 Å². The van der Waals surface area contributed by atoms with Crippen LogP contribution >= 0.6 is 0 Å². The number of carbonyl (C=O) groups is 5. The van der Waals surface area contributed by atoms with E-state index in [4.69, 9.17) is 18.9 Å². The van der Waals surface area contributed by atoms with E-state index in [-0.39, 0.29) is 94.5 Å². The van der Waals surface area contributed by atoms with Crippen molar-refractivity contribution in [3.8, 4) is 0 Å². The Morgan fingerprint density at radius 2 is 1.13 bits per heavy atom. The normalized spacial score (nSPS) is 30.7. The number of nitrogens with one attached hydrogen (secondary N) is 4. The number of likely N-dealkylation sites (tertiary alicyclic amines) is 1. The zero-order valence-corrected chi connectivity index (χ0v) is 31.9. The Morgan fingerprint density at radius 3 is 1.60 bits per heavy atom. The number of hydrogen-bond acceptors (Lipinski definition) is 16. The number of nitrogens with zero attached hydrogens (tertiary/aromatic N) is 1. The number of amides is 4. The van der Waals surface area contributed by atoms with E-state index in [1.807, 2.05) is 0 Å². The molecule has 0 unspecified atom stereocenters. The summed E-state index contributed by atoms with van der Waals surface area (Å²) < 4.78 is 21.8. The number of aliphatic hydroxyl groups is 6. The first kappa shape index (κ1) is 46.5. The van der Waals surface area contributed by atoms with Crippen LogP contribution < -0.4 is 21.3 Å². The number of hydrogen-bond donors (Lipinski definition) is 10. The lowest BCUT2D eigenvalue weighted by molar-refractivity contribution is -0.292. The van der Waals surface area contributed by atoms with Crippen LogP contribution in [0.5, 0.6) is 0 Å². The minimum atomic E-state index is -1.49. The van der Waals surface area contributed by atoms with E-state index in [1.54, 1.807) is 11.9 Å². The Bertz CT molecular complexity index is 1200. The molecule has 3 heterocycles. The van der Waals surface area contributed by atoms with Gasteiger partial charge in [0.25, 0.3) is 0 Å². The minimum Gasteiger partial charge on any atom is -0.388 e. The van der Waals surface area contributed by atoms with Gasteiger partial charge in [0.2, 0.25) is 23.6 Å². The van der Waals surface area contributed by atoms with Crippen molar-refractivity contribution in [3.63, 3.8) is 0 Å². The molecule has 10 N–H and O–H groups in total. The fraction of sp³-hybridized carbons (Fsp3) is 0.857. The predicted octanol–water partition coefficient (Wildman–Crippen LogP) is -4.24. The van der Waals surface area contributed by atoms with Crippen molar-refractivity contribution in [2.24, 2.45) is 5.41 Å². The number of unbranched alkanes of at least 4 members (excludes halogenated alkanes) is 1. The summed E-state index contributed by atoms with van der Waals surface area (Å²) in [4.78, 5) is 64.7. The summed E-state index contributed by atoms with van der Waals surface area (Å²) >= 11 is 0. The lowest BCUT2D eigenvalue weighted by Crippen LogP contribution is -2.57. The highest BCUT2D eigenvalue weighted by Crippen LogP contribution is 2.39. The number of aliphatic hydroxyl groups excluding tert-OH is 6. The third-order valence-corrected chi connectivity index (χ3v) is 10.2. The SMILES string of the molecule is CNCC(=O)CNC(=O)CCCCC(=O)N1CCC(CC(=O)NCCO[C@@H]2O[C@@H](C)[C@@H](O)[C@@H](O)[C@@H]2O)(CC(=O)NCCO[C@@H]2O[C@@H](C)[C@@H](O)[C@@H](O)[C@@H]2O)CC1. The van der Waals surface area contributed by atoms with Gasteiger partial charge >= 0.3 is 0 Å². The highest BCUT2D eigenvalue weighted by molar-refractivity contribution is 5.87. The van der Waals surface area contributed by atoms with E-state index in [0.29, 0.717) is 38.8 Å². The van der Waals surface area contributed by atoms with E-state index in [2.05, 4.69) is 21.3 Å². The number of carbonyl (C=O) groups excluding carboxylic acids is 5. The molecule has 20 heteroatoms. The summed E-state index contributed by atoms with van der Waals surface area (Å²) in [7, 11) is 1.64. The van der Waals surface area contributed by atoms with Crippen molar-refractivity contribution < 1.29 is 73.6 Å². The molecule has 0 aliphatic carbocycles. The Hall–Kier alpha value is -2.89. The van der Waals surface area contributed by atoms with E-state index in [9.17, 15) is 54.6 Å². The average Bonchev–Trinajstić information content (AvgIpc) is 3.15. The van der Waals surface area contributed by atoms with Crippen molar-refractivity contribution >= 4 is 29.4 Å². The maximum absolute atomic E-state index is 13.2. The first-order valence-electron chi connectivity index (χ1n) is 18.9. The van der Waals surface area contributed by atoms with Gasteiger partial charge in [-0.05, 0) is 52.0 Å². The quantitative estimate of drug-likeness (QED) is 0.0493. The molecule has 3 aliphatic rings. The van der Waals surface area contributed by atoms with Crippen LogP contribution in [0.25, 0.3) is 0 Å². The standard InChI is InChI=1S/C35H61N5O15/c1-20-27(46)29(48)31(50)33(54-20)52-14-10-37-24(43)16-35(17-25(44)38-11-15-53-34-32(51)30(49)28(47)21(2)55-34)8-12-40(13-9-35)26(45)7-5-4-6-23(42)39-19-22(41)18-36-3/h20-21,27-34,36,46-51H,4-19H2,1-3H3,(H,37,43)(H,38,44)(H,39,42)/t20-,21-,27+,28+,29+,30+,31-,32-,33+,34+/m0/s1. The molecular weight excluding hydrogens is 730 g/mol. The Labute approximate surface area is 320 Å². The van der Waals surface area contributed by atoms with Crippen LogP contribution in [0.15, 0.2) is 0 Å². The summed E-state index contributed by atoms with van der Waals surface area (Å²) in [6.07, 6.45) is -10.6. The third kappa shape index (κ3) is 14.5. The predicted molar refractivity (Wildman–Crippen MR) is 191 cm³/mol. The fourth-order valence-corrected chi connectivity index (χ4v) is 6.75. The van der Waals surface area contributed by atoms with Crippen molar-refractivity contribution in [2.75, 3.05) is 59.5 Å². The zero-order valence-electron chi connectivity index (χ0n) is 31.9. The second-order valence-electron chi connectivity index (χ2n) is 14.6. The summed E-state index contributed by atoms with van der Waals surface area (Å²) in [5, 5.41) is 70.8. The van der Waals surface area contributed by atoms with Gasteiger partial charge in [-0.15, -0.1) is 0 Å². The van der Waals surface area contributed by atoms with E-state index in [1.165, 1.54) is 13.8 Å². The smallest absolute Gasteiger partial charge is 0.222 e. The molecule has 0 radical (unpaired) electrons. The molecule has 55 heavy (non-hydrogen) atoms. The maximum Gasteiger partial charge on any atom is 0.222 e. The Morgan fingerprint density at radius 1 is 0.655 bits per heavy atom. The molecule has 0 aromatic heterocycles. The van der Waals surface area contributed by atoms with Crippen LogP contribution in [0.3, 0.4) is 0 Å². The van der Waals surface area contributed by atoms with Crippen LogP contribution in [0.1, 0.15) is 65.2 Å². The fourth-order valence-electron chi connectivity index (χ4n) is 6.75. The molecule has 10 atom stereocenters. The van der Waals surface area contributed by atoms with Crippen molar-refractivity contribution in [3.05, 3.63) is 0 Å². The number of ketones is 1. The second-order valence-corrected chi connectivity index (χ2v) is 14.6. The van der Waals surface area contributed by atoms with Crippen LogP contribution in [0.2, 0.25) is 0 Å². The molecule has 4 amide bonds. The Balaban J connectivity index is 1.49. The molecule has 0 aromatic rings. The summed E-state index contributed by atoms with van der Waals surface area (Å²) in [5.74, 6) is -1.27. The van der Waals surface area contributed by atoms with Crippen molar-refractivity contribution in [2.45, 2.75) is 127 Å². The van der Waals surface area contributed by atoms with Gasteiger partial charge in [0, 0.05) is 51.9 Å². The van der Waals surface area contributed by atoms with Gasteiger partial charge in [-0.2, -0.15) is 0 Å². The average molecular weight is 792 g/mol. The van der Waals surface area contributed by atoms with Crippen LogP contribution in [-0.2, 0) is 42.9 Å². The number of Topliss-reactive ketones (excluding diaryl/α,β-unsaturated/α-hetero) is 1. The molecule has 0 bridgehead atoms. The van der Waals surface area contributed by atoms with Crippen molar-refractivity contribution in [1.29, 1.82) is 0 Å². The minimum absolute atomic E-state index is 0.0202. The second kappa shape index (κ2) is 22.7. The first-order chi connectivity index (χ1) is 26.1. The third-order valence-electron chi connectivity index (χ3n) is 10.2. The molecule has 3 aliphatic heterocycles. The maximum atomic E-state index is 13.2. The number of likely N-dealkylation sites (N-methyl/N-ethyl adjacent to an activating group) is 1. The highest BCUT2D eigenvalue weighted by atomic mass is 16.7. The van der Waals surface area contributed by atoms with Crippen LogP contribution in [0, 0.1) is 5.41 Å². The molecule has 0 saturated carbocycles. The molecule has 316 valence electrons. The first-order valence-corrected chi connectivity index (χ1v) is 18.9. The van der Waals surface area contributed by atoms with Crippen LogP contribution in [-0.4, -0.2) is 186 Å². The zero-order chi connectivity index (χ0) is 40.7. The Kier molecular flexibility index (Phi) is 19.2. The molecule has 0 aromatic carbocycles. The number of piperidine rings is 1. The summed E-state index contributed by atoms with van der Waals surface area (Å²) in [5.41, 5.74) is -0.813. The molecule has 3 rings (SSSR count). The van der Waals surface area contributed by atoms with Gasteiger partial charge in [-0.25, -0.2) is 0 Å². The number of ether oxygens (including phenoxy) is 4. The topological polar surface area (TPSA) is 295 Å². The van der Waals surface area contributed by atoms with Gasteiger partial charge in [0.05, 0.1) is 38.5 Å². The summed E-state index contributed by atoms with van der Waals surface area (Å²) in [6.45, 7) is 3.62. The largest absolute Gasteiger partial charge is 0.388 e. The molecule has 3 fully saturated rings. The molecule has 3 saturated heterocycles. The van der Waals surface area contributed by atoms with E-state index >= 15 is 0 Å². The van der Waals surface area contributed by atoms with E-state index < -0.39 is 66.8 Å². The van der Waals surface area contributed by atoms with Crippen molar-refractivity contribution in [1.82, 2.24) is 26.2 Å². The molecular formula is C35H61N5O15. The van der Waals surface area contributed by atoms with Gasteiger partial charge in [-0.3, -0.25) is 24.0 Å². The van der Waals surface area contributed by atoms with Gasteiger partial charge in [0.1, 0.15) is 36.6 Å². The number of rotatable bonds is 21. The van der Waals surface area contributed by atoms with E-state index in [0.717, 1.165) is 0 Å². The van der Waals surface area contributed by atoms with Gasteiger partial charge < -0.3 is 75.8 Å². The highest BCUT2D eigenvalue weighted by Gasteiger charge is 2.44. The van der Waals surface area contributed by atoms with Gasteiger partial charge in [-0.1, -0.05) is 0 Å². The molecule has 20 nitrogen and oxygen atoms in total. The summed E-state index contributed by atoms with van der Waals surface area (Å²) in [6, 6.07) is 0. The van der Waals surface area contributed by atoms with Crippen LogP contribution in [0.4, 0.5) is 0 Å². The monoisotopic (exact) mass is 791 g/mol.